The minimum Gasteiger partial charge on any atom is -0.314 e. The highest BCUT2D eigenvalue weighted by Crippen LogP contribution is 2.32. The van der Waals surface area contributed by atoms with Crippen molar-refractivity contribution in [3.05, 3.63) is 29.8 Å². The number of sulfonamides is 1. The van der Waals surface area contributed by atoms with Crippen molar-refractivity contribution in [1.82, 2.24) is 9.62 Å². The predicted molar refractivity (Wildman–Crippen MR) is 91.2 cm³/mol. The molecule has 0 aliphatic carbocycles. The van der Waals surface area contributed by atoms with E-state index in [1.54, 1.807) is 0 Å². The van der Waals surface area contributed by atoms with E-state index in [2.05, 4.69) is 5.32 Å². The van der Waals surface area contributed by atoms with Crippen LogP contribution in [0.1, 0.15) is 31.2 Å². The van der Waals surface area contributed by atoms with E-state index in [-0.39, 0.29) is 17.3 Å². The fraction of sp³-hybridized carbons (Fsp3) is 0.625. The standard InChI is InChI=1S/C16H21F3N2O2S.ClH/c17-16(18,19)13-3-1-4-14(11-13)24(22,23)21-9-6-12(7-10-21)15-5-2-8-20-15;/h1,3-4,11-12,15,20H,2,5-10H2;1H. The molecular weight excluding hydrogens is 377 g/mol. The molecule has 0 amide bonds. The zero-order valence-electron chi connectivity index (χ0n) is 13.6. The topological polar surface area (TPSA) is 49.4 Å². The molecule has 1 aromatic carbocycles. The van der Waals surface area contributed by atoms with Crippen LogP contribution in [-0.2, 0) is 16.2 Å². The predicted octanol–water partition coefficient (Wildman–Crippen LogP) is 3.28. The van der Waals surface area contributed by atoms with E-state index in [1.165, 1.54) is 10.4 Å². The van der Waals surface area contributed by atoms with E-state index in [4.69, 9.17) is 0 Å². The van der Waals surface area contributed by atoms with Gasteiger partial charge >= 0.3 is 6.18 Å². The van der Waals surface area contributed by atoms with Gasteiger partial charge in [0.2, 0.25) is 10.0 Å². The van der Waals surface area contributed by atoms with Crippen LogP contribution in [0.15, 0.2) is 29.2 Å². The maximum atomic E-state index is 12.8. The van der Waals surface area contributed by atoms with Gasteiger partial charge in [0.05, 0.1) is 10.5 Å². The molecule has 2 saturated heterocycles. The van der Waals surface area contributed by atoms with Crippen LogP contribution in [-0.4, -0.2) is 38.4 Å². The second-order valence-electron chi connectivity index (χ2n) is 6.47. The Hall–Kier alpha value is -0.830. The van der Waals surface area contributed by atoms with Gasteiger partial charge in [0.25, 0.3) is 0 Å². The van der Waals surface area contributed by atoms with Crippen molar-refractivity contribution in [3.8, 4) is 0 Å². The summed E-state index contributed by atoms with van der Waals surface area (Å²) in [5.74, 6) is 0.445. The van der Waals surface area contributed by atoms with Gasteiger partial charge in [-0.1, -0.05) is 6.07 Å². The number of piperidine rings is 1. The molecule has 1 unspecified atom stereocenters. The minimum absolute atomic E-state index is 0. The Kier molecular flexibility index (Phi) is 6.40. The second kappa shape index (κ2) is 7.82. The van der Waals surface area contributed by atoms with Crippen LogP contribution in [0.25, 0.3) is 0 Å². The molecule has 1 atom stereocenters. The van der Waals surface area contributed by atoms with Crippen molar-refractivity contribution in [2.24, 2.45) is 5.92 Å². The molecule has 9 heteroatoms. The smallest absolute Gasteiger partial charge is 0.314 e. The van der Waals surface area contributed by atoms with Crippen molar-refractivity contribution in [2.45, 2.75) is 42.8 Å². The quantitative estimate of drug-likeness (QED) is 0.850. The lowest BCUT2D eigenvalue weighted by Gasteiger charge is -2.34. The van der Waals surface area contributed by atoms with Crippen LogP contribution in [0.3, 0.4) is 0 Å². The molecule has 0 aromatic heterocycles. The first-order valence-electron chi connectivity index (χ1n) is 8.19. The van der Waals surface area contributed by atoms with Gasteiger partial charge in [-0.3, -0.25) is 0 Å². The Labute approximate surface area is 152 Å². The van der Waals surface area contributed by atoms with Crippen LogP contribution >= 0.6 is 12.4 Å². The van der Waals surface area contributed by atoms with Crippen molar-refractivity contribution >= 4 is 22.4 Å². The highest BCUT2D eigenvalue weighted by molar-refractivity contribution is 7.89. The van der Waals surface area contributed by atoms with E-state index in [0.717, 1.165) is 50.4 Å². The van der Waals surface area contributed by atoms with Gasteiger partial charge in [-0.2, -0.15) is 17.5 Å². The Bertz CT molecular complexity index is 683. The van der Waals surface area contributed by atoms with Gasteiger partial charge in [-0.05, 0) is 56.3 Å². The third-order valence-corrected chi connectivity index (χ3v) is 6.86. The maximum absolute atomic E-state index is 12.8. The lowest BCUT2D eigenvalue weighted by molar-refractivity contribution is -0.137. The van der Waals surface area contributed by atoms with Crippen LogP contribution in [0.5, 0.6) is 0 Å². The summed E-state index contributed by atoms with van der Waals surface area (Å²) in [5, 5.41) is 3.44. The molecule has 1 aromatic rings. The summed E-state index contributed by atoms with van der Waals surface area (Å²) in [7, 11) is -3.88. The molecule has 142 valence electrons. The van der Waals surface area contributed by atoms with Crippen molar-refractivity contribution in [2.75, 3.05) is 19.6 Å². The summed E-state index contributed by atoms with van der Waals surface area (Å²) in [5.41, 5.74) is -0.936. The van der Waals surface area contributed by atoms with Gasteiger partial charge in [-0.25, -0.2) is 8.42 Å². The van der Waals surface area contributed by atoms with E-state index in [1.807, 2.05) is 0 Å². The highest BCUT2D eigenvalue weighted by Gasteiger charge is 2.35. The van der Waals surface area contributed by atoms with Crippen LogP contribution in [0.2, 0.25) is 0 Å². The molecule has 4 nitrogen and oxygen atoms in total. The SMILES string of the molecule is Cl.O=S(=O)(c1cccc(C(F)(F)F)c1)N1CCC(C2CCCN2)CC1. The molecule has 0 bridgehead atoms. The number of hydrogen-bond acceptors (Lipinski definition) is 3. The van der Waals surface area contributed by atoms with Gasteiger partial charge in [0, 0.05) is 19.1 Å². The minimum atomic E-state index is -4.55. The number of halogens is 4. The molecule has 2 fully saturated rings. The van der Waals surface area contributed by atoms with Gasteiger partial charge in [0.1, 0.15) is 0 Å². The third kappa shape index (κ3) is 4.48. The number of hydrogen-bond donors (Lipinski definition) is 1. The second-order valence-corrected chi connectivity index (χ2v) is 8.41. The van der Waals surface area contributed by atoms with Crippen LogP contribution in [0.4, 0.5) is 13.2 Å². The molecule has 25 heavy (non-hydrogen) atoms. The monoisotopic (exact) mass is 398 g/mol. The van der Waals surface area contributed by atoms with Crippen molar-refractivity contribution < 1.29 is 21.6 Å². The van der Waals surface area contributed by atoms with Gasteiger partial charge in [-0.15, -0.1) is 12.4 Å². The fourth-order valence-corrected chi connectivity index (χ4v) is 5.13. The molecular formula is C16H22ClF3N2O2S. The number of benzene rings is 1. The Morgan fingerprint density at radius 3 is 2.36 bits per heavy atom. The number of nitrogens with one attached hydrogen (secondary N) is 1. The maximum Gasteiger partial charge on any atom is 0.416 e. The average Bonchev–Trinajstić information content (AvgIpc) is 3.09. The van der Waals surface area contributed by atoms with Crippen molar-refractivity contribution in [3.63, 3.8) is 0 Å². The molecule has 3 rings (SSSR count). The Morgan fingerprint density at radius 1 is 1.12 bits per heavy atom. The van der Waals surface area contributed by atoms with E-state index in [9.17, 15) is 21.6 Å². The summed E-state index contributed by atoms with van der Waals surface area (Å²) < 4.78 is 65.0. The summed E-state index contributed by atoms with van der Waals surface area (Å²) >= 11 is 0. The summed E-state index contributed by atoms with van der Waals surface area (Å²) in [4.78, 5) is -0.283. The number of nitrogens with zero attached hydrogens (tertiary/aromatic N) is 1. The summed E-state index contributed by atoms with van der Waals surface area (Å²) in [6, 6.07) is 4.43. The zero-order valence-corrected chi connectivity index (χ0v) is 15.3. The highest BCUT2D eigenvalue weighted by atomic mass is 35.5. The molecule has 0 spiro atoms. The first-order valence-corrected chi connectivity index (χ1v) is 9.63. The fourth-order valence-electron chi connectivity index (χ4n) is 3.61. The average molecular weight is 399 g/mol. The third-order valence-electron chi connectivity index (χ3n) is 4.97. The Balaban J connectivity index is 0.00000225. The lowest BCUT2D eigenvalue weighted by Crippen LogP contribution is -2.43. The van der Waals surface area contributed by atoms with E-state index < -0.39 is 21.8 Å². The van der Waals surface area contributed by atoms with Crippen LogP contribution < -0.4 is 5.32 Å². The molecule has 2 heterocycles. The van der Waals surface area contributed by atoms with Gasteiger partial charge in [0.15, 0.2) is 0 Å². The first-order chi connectivity index (χ1) is 11.3. The van der Waals surface area contributed by atoms with E-state index >= 15 is 0 Å². The first kappa shape index (κ1) is 20.5. The largest absolute Gasteiger partial charge is 0.416 e. The molecule has 2 aliphatic heterocycles. The van der Waals surface area contributed by atoms with Gasteiger partial charge < -0.3 is 5.32 Å². The number of alkyl halides is 3. The summed E-state index contributed by atoms with van der Waals surface area (Å²) in [6.07, 6.45) is -0.795. The number of rotatable bonds is 3. The Morgan fingerprint density at radius 2 is 1.80 bits per heavy atom. The lowest BCUT2D eigenvalue weighted by atomic mass is 9.89. The van der Waals surface area contributed by atoms with Crippen LogP contribution in [0, 0.1) is 5.92 Å². The molecule has 2 aliphatic rings. The normalized spacial score (nSPS) is 23.4. The van der Waals surface area contributed by atoms with E-state index in [0.29, 0.717) is 25.0 Å². The molecule has 0 saturated carbocycles. The molecule has 0 radical (unpaired) electrons. The zero-order chi connectivity index (χ0) is 17.4. The molecule has 1 N–H and O–H groups in total. The summed E-state index contributed by atoms with van der Waals surface area (Å²) in [6.45, 7) is 1.73. The van der Waals surface area contributed by atoms with Crippen molar-refractivity contribution in [1.29, 1.82) is 0 Å².